The maximum atomic E-state index is 12.0. The smallest absolute Gasteiger partial charge is 0.225 e. The van der Waals surface area contributed by atoms with E-state index in [4.69, 9.17) is 4.74 Å². The standard InChI is InChI=1S/C15H32N2O2/c1-12(2)14(5)15(18)17(7)9-11-19-10-8-16(6)13(3)4/h12-14H,8-11H2,1-7H3. The summed E-state index contributed by atoms with van der Waals surface area (Å²) in [5, 5.41) is 0. The molecule has 1 atom stereocenters. The first-order chi connectivity index (χ1) is 8.77. The molecule has 0 heterocycles. The highest BCUT2D eigenvalue weighted by Crippen LogP contribution is 2.12. The minimum Gasteiger partial charge on any atom is -0.378 e. The number of amides is 1. The van der Waals surface area contributed by atoms with Gasteiger partial charge in [-0.05, 0) is 26.8 Å². The predicted molar refractivity (Wildman–Crippen MR) is 80.2 cm³/mol. The largest absolute Gasteiger partial charge is 0.378 e. The first-order valence-electron chi connectivity index (χ1n) is 7.30. The van der Waals surface area contributed by atoms with Gasteiger partial charge in [-0.25, -0.2) is 0 Å². The van der Waals surface area contributed by atoms with Crippen LogP contribution < -0.4 is 0 Å². The van der Waals surface area contributed by atoms with Gasteiger partial charge in [-0.3, -0.25) is 4.79 Å². The average molecular weight is 272 g/mol. The molecule has 0 aromatic rings. The Morgan fingerprint density at radius 3 is 2.00 bits per heavy atom. The zero-order valence-corrected chi connectivity index (χ0v) is 13.8. The molecular formula is C15H32N2O2. The van der Waals surface area contributed by atoms with Gasteiger partial charge in [0.15, 0.2) is 0 Å². The van der Waals surface area contributed by atoms with Crippen LogP contribution in [0.25, 0.3) is 0 Å². The molecule has 0 aliphatic carbocycles. The van der Waals surface area contributed by atoms with Gasteiger partial charge >= 0.3 is 0 Å². The third-order valence-electron chi connectivity index (χ3n) is 3.81. The number of hydrogen-bond acceptors (Lipinski definition) is 3. The molecule has 0 saturated heterocycles. The molecular weight excluding hydrogens is 240 g/mol. The second kappa shape index (κ2) is 9.32. The van der Waals surface area contributed by atoms with Gasteiger partial charge in [-0.15, -0.1) is 0 Å². The molecule has 0 aromatic heterocycles. The molecule has 0 bridgehead atoms. The van der Waals surface area contributed by atoms with E-state index in [9.17, 15) is 4.79 Å². The van der Waals surface area contributed by atoms with E-state index in [0.29, 0.717) is 25.1 Å². The van der Waals surface area contributed by atoms with Gasteiger partial charge in [-0.1, -0.05) is 20.8 Å². The molecule has 0 spiro atoms. The molecule has 0 aromatic carbocycles. The first kappa shape index (κ1) is 18.4. The lowest BCUT2D eigenvalue weighted by molar-refractivity contribution is -0.135. The number of rotatable bonds is 9. The lowest BCUT2D eigenvalue weighted by Crippen LogP contribution is -2.36. The first-order valence-corrected chi connectivity index (χ1v) is 7.30. The summed E-state index contributed by atoms with van der Waals surface area (Å²) < 4.78 is 5.58. The van der Waals surface area contributed by atoms with E-state index in [1.165, 1.54) is 0 Å². The lowest BCUT2D eigenvalue weighted by Gasteiger charge is -2.24. The molecule has 0 aliphatic heterocycles. The second-order valence-corrected chi connectivity index (χ2v) is 5.98. The molecule has 0 fully saturated rings. The predicted octanol–water partition coefficient (Wildman–Crippen LogP) is 2.09. The van der Waals surface area contributed by atoms with Crippen molar-refractivity contribution in [2.24, 2.45) is 11.8 Å². The van der Waals surface area contributed by atoms with Crippen LogP contribution in [0.15, 0.2) is 0 Å². The Morgan fingerprint density at radius 2 is 1.53 bits per heavy atom. The van der Waals surface area contributed by atoms with Crippen LogP contribution in [0.5, 0.6) is 0 Å². The van der Waals surface area contributed by atoms with Crippen molar-refractivity contribution in [3.63, 3.8) is 0 Å². The minimum absolute atomic E-state index is 0.0806. The third-order valence-corrected chi connectivity index (χ3v) is 3.81. The van der Waals surface area contributed by atoms with Gasteiger partial charge in [0, 0.05) is 32.1 Å². The highest BCUT2D eigenvalue weighted by molar-refractivity contribution is 5.78. The summed E-state index contributed by atoms with van der Waals surface area (Å²) in [5.74, 6) is 0.672. The van der Waals surface area contributed by atoms with Crippen LogP contribution in [-0.2, 0) is 9.53 Å². The van der Waals surface area contributed by atoms with E-state index in [-0.39, 0.29) is 11.8 Å². The number of likely N-dealkylation sites (N-methyl/N-ethyl adjacent to an activating group) is 2. The Morgan fingerprint density at radius 1 is 1.00 bits per heavy atom. The molecule has 1 amide bonds. The van der Waals surface area contributed by atoms with Crippen LogP contribution in [0.2, 0.25) is 0 Å². The number of nitrogens with zero attached hydrogens (tertiary/aromatic N) is 2. The fourth-order valence-corrected chi connectivity index (χ4v) is 1.51. The van der Waals surface area contributed by atoms with Crippen molar-refractivity contribution in [3.05, 3.63) is 0 Å². The van der Waals surface area contributed by atoms with E-state index in [1.54, 1.807) is 4.90 Å². The highest BCUT2D eigenvalue weighted by atomic mass is 16.5. The zero-order chi connectivity index (χ0) is 15.0. The molecule has 0 radical (unpaired) electrons. The summed E-state index contributed by atoms with van der Waals surface area (Å²) >= 11 is 0. The molecule has 0 rings (SSSR count). The second-order valence-electron chi connectivity index (χ2n) is 5.98. The summed E-state index contributed by atoms with van der Waals surface area (Å²) in [4.78, 5) is 16.0. The number of carbonyl (C=O) groups is 1. The van der Waals surface area contributed by atoms with Gasteiger partial charge in [0.2, 0.25) is 5.91 Å². The van der Waals surface area contributed by atoms with Crippen molar-refractivity contribution < 1.29 is 9.53 Å². The molecule has 4 heteroatoms. The zero-order valence-electron chi connectivity index (χ0n) is 13.8. The number of carbonyl (C=O) groups excluding carboxylic acids is 1. The van der Waals surface area contributed by atoms with Gasteiger partial charge in [0.05, 0.1) is 13.2 Å². The van der Waals surface area contributed by atoms with Crippen molar-refractivity contribution in [1.29, 1.82) is 0 Å². The number of hydrogen-bond donors (Lipinski definition) is 0. The van der Waals surface area contributed by atoms with Gasteiger partial charge in [0.25, 0.3) is 0 Å². The van der Waals surface area contributed by atoms with Crippen LogP contribution in [0, 0.1) is 11.8 Å². The van der Waals surface area contributed by atoms with Crippen LogP contribution >= 0.6 is 0 Å². The van der Waals surface area contributed by atoms with Crippen LogP contribution in [0.3, 0.4) is 0 Å². The molecule has 19 heavy (non-hydrogen) atoms. The van der Waals surface area contributed by atoms with Gasteiger partial charge in [-0.2, -0.15) is 0 Å². The maximum Gasteiger partial charge on any atom is 0.225 e. The molecule has 0 saturated carbocycles. The molecule has 0 N–H and O–H groups in total. The fraction of sp³-hybridized carbons (Fsp3) is 0.933. The SMILES string of the molecule is CC(C)C(C)C(=O)N(C)CCOCCN(C)C(C)C. The lowest BCUT2D eigenvalue weighted by atomic mass is 9.97. The molecule has 0 aliphatic rings. The van der Waals surface area contributed by atoms with Crippen LogP contribution in [-0.4, -0.2) is 62.1 Å². The Labute approximate surface area is 119 Å². The van der Waals surface area contributed by atoms with Crippen LogP contribution in [0.1, 0.15) is 34.6 Å². The Hall–Kier alpha value is -0.610. The van der Waals surface area contributed by atoms with Crippen molar-refractivity contribution in [1.82, 2.24) is 9.80 Å². The molecule has 4 nitrogen and oxygen atoms in total. The van der Waals surface area contributed by atoms with Crippen molar-refractivity contribution in [2.45, 2.75) is 40.7 Å². The summed E-state index contributed by atoms with van der Waals surface area (Å²) in [5.41, 5.74) is 0. The Kier molecular flexibility index (Phi) is 9.02. The average Bonchev–Trinajstić information content (AvgIpc) is 2.35. The topological polar surface area (TPSA) is 32.8 Å². The van der Waals surface area contributed by atoms with E-state index in [0.717, 1.165) is 13.2 Å². The minimum atomic E-state index is 0.0806. The third kappa shape index (κ3) is 7.53. The van der Waals surface area contributed by atoms with E-state index in [1.807, 2.05) is 14.0 Å². The fourth-order valence-electron chi connectivity index (χ4n) is 1.51. The summed E-state index contributed by atoms with van der Waals surface area (Å²) in [6, 6.07) is 0.541. The Balaban J connectivity index is 3.75. The Bertz CT molecular complexity index is 255. The summed E-state index contributed by atoms with van der Waals surface area (Å²) in [6.45, 7) is 13.4. The monoisotopic (exact) mass is 272 g/mol. The van der Waals surface area contributed by atoms with Crippen molar-refractivity contribution >= 4 is 5.91 Å². The molecule has 1 unspecified atom stereocenters. The van der Waals surface area contributed by atoms with Gasteiger partial charge < -0.3 is 14.5 Å². The van der Waals surface area contributed by atoms with Crippen molar-refractivity contribution in [3.8, 4) is 0 Å². The van der Waals surface area contributed by atoms with E-state index in [2.05, 4.69) is 39.6 Å². The van der Waals surface area contributed by atoms with Crippen molar-refractivity contribution in [2.75, 3.05) is 40.4 Å². The maximum absolute atomic E-state index is 12.0. The quantitative estimate of drug-likeness (QED) is 0.603. The number of ether oxygens (including phenoxy) is 1. The highest BCUT2D eigenvalue weighted by Gasteiger charge is 2.19. The summed E-state index contributed by atoms with van der Waals surface area (Å²) in [6.07, 6.45) is 0. The summed E-state index contributed by atoms with van der Waals surface area (Å²) in [7, 11) is 3.94. The normalized spacial score (nSPS) is 13.4. The van der Waals surface area contributed by atoms with Crippen LogP contribution in [0.4, 0.5) is 0 Å². The van der Waals surface area contributed by atoms with E-state index < -0.39 is 0 Å². The van der Waals surface area contributed by atoms with Gasteiger partial charge in [0.1, 0.15) is 0 Å². The van der Waals surface area contributed by atoms with E-state index >= 15 is 0 Å². The molecule has 114 valence electrons.